The number of rotatable bonds is 1. The molecule has 1 aromatic carbocycles. The van der Waals surface area contributed by atoms with E-state index in [-0.39, 0.29) is 11.6 Å². The average molecular weight is 199 g/mol. The first-order valence-electron chi connectivity index (χ1n) is 3.66. The molecule has 0 saturated carbocycles. The van der Waals surface area contributed by atoms with Gasteiger partial charge in [-0.25, -0.2) is 4.39 Å². The summed E-state index contributed by atoms with van der Waals surface area (Å²) in [5.74, 6) is 5.40. The Morgan fingerprint density at radius 2 is 2.31 bits per heavy atom. The van der Waals surface area contributed by atoms with Crippen molar-refractivity contribution < 1.29 is 9.13 Å². The molecule has 0 bridgehead atoms. The Bertz CT molecular complexity index is 352. The zero-order valence-corrected chi connectivity index (χ0v) is 7.86. The topological polar surface area (TPSA) is 9.23 Å². The lowest BCUT2D eigenvalue weighted by atomic mass is 10.2. The molecule has 1 nitrogen and oxygen atoms in total. The van der Waals surface area contributed by atoms with E-state index in [9.17, 15) is 4.39 Å². The molecule has 0 spiro atoms. The summed E-state index contributed by atoms with van der Waals surface area (Å²) < 4.78 is 17.8. The van der Waals surface area contributed by atoms with E-state index < -0.39 is 5.82 Å². The molecule has 0 aromatic heterocycles. The summed E-state index contributed by atoms with van der Waals surface area (Å²) in [6.07, 6.45) is 0. The standard InChI is InChI=1S/C10H8ClFO/c1-13-10-5-4-8(3-2-6-11)7-9(10)12/h4-5,7H,6H2,1H3. The van der Waals surface area contributed by atoms with Crippen LogP contribution in [-0.2, 0) is 0 Å². The van der Waals surface area contributed by atoms with Crippen LogP contribution in [0.1, 0.15) is 5.56 Å². The molecule has 0 aliphatic carbocycles. The van der Waals surface area contributed by atoms with E-state index >= 15 is 0 Å². The maximum absolute atomic E-state index is 13.1. The van der Waals surface area contributed by atoms with Crippen LogP contribution in [0, 0.1) is 17.7 Å². The van der Waals surface area contributed by atoms with Crippen molar-refractivity contribution in [1.29, 1.82) is 0 Å². The van der Waals surface area contributed by atoms with Gasteiger partial charge >= 0.3 is 0 Å². The van der Waals surface area contributed by atoms with E-state index in [4.69, 9.17) is 16.3 Å². The molecule has 0 N–H and O–H groups in total. The van der Waals surface area contributed by atoms with Gasteiger partial charge < -0.3 is 4.74 Å². The van der Waals surface area contributed by atoms with Crippen LogP contribution < -0.4 is 4.74 Å². The maximum Gasteiger partial charge on any atom is 0.166 e. The van der Waals surface area contributed by atoms with Gasteiger partial charge in [-0.05, 0) is 18.2 Å². The van der Waals surface area contributed by atoms with Gasteiger partial charge in [0.1, 0.15) is 0 Å². The molecule has 0 saturated heterocycles. The number of methoxy groups -OCH3 is 1. The molecule has 0 aliphatic rings. The fourth-order valence-electron chi connectivity index (χ4n) is 0.880. The first-order valence-corrected chi connectivity index (χ1v) is 4.19. The normalized spacial score (nSPS) is 8.85. The number of hydrogen-bond donors (Lipinski definition) is 0. The van der Waals surface area contributed by atoms with E-state index in [0.717, 1.165) is 0 Å². The molecule has 1 aromatic rings. The van der Waals surface area contributed by atoms with Crippen LogP contribution in [0.25, 0.3) is 0 Å². The third-order valence-corrected chi connectivity index (χ3v) is 1.58. The highest BCUT2D eigenvalue weighted by Crippen LogP contribution is 2.16. The predicted molar refractivity (Wildman–Crippen MR) is 50.6 cm³/mol. The molecular weight excluding hydrogens is 191 g/mol. The van der Waals surface area contributed by atoms with Crippen LogP contribution >= 0.6 is 11.6 Å². The number of halogens is 2. The van der Waals surface area contributed by atoms with Crippen LogP contribution in [0.2, 0.25) is 0 Å². The molecule has 13 heavy (non-hydrogen) atoms. The van der Waals surface area contributed by atoms with E-state index in [0.29, 0.717) is 5.56 Å². The maximum atomic E-state index is 13.1. The minimum atomic E-state index is -0.413. The average Bonchev–Trinajstić information content (AvgIpc) is 2.15. The molecule has 3 heteroatoms. The fraction of sp³-hybridized carbons (Fsp3) is 0.200. The van der Waals surface area contributed by atoms with Gasteiger partial charge in [-0.2, -0.15) is 0 Å². The zero-order chi connectivity index (χ0) is 9.68. The Balaban J connectivity index is 2.96. The Morgan fingerprint density at radius 1 is 1.54 bits per heavy atom. The summed E-state index contributed by atoms with van der Waals surface area (Å²) >= 11 is 5.36. The van der Waals surface area contributed by atoms with Gasteiger partial charge in [0.2, 0.25) is 0 Å². The van der Waals surface area contributed by atoms with Gasteiger partial charge in [-0.15, -0.1) is 11.6 Å². The van der Waals surface area contributed by atoms with Crippen LogP contribution in [0.5, 0.6) is 5.75 Å². The van der Waals surface area contributed by atoms with Crippen LogP contribution in [-0.4, -0.2) is 13.0 Å². The quantitative estimate of drug-likeness (QED) is 0.498. The van der Waals surface area contributed by atoms with Crippen molar-refractivity contribution in [2.45, 2.75) is 0 Å². The lowest BCUT2D eigenvalue weighted by Crippen LogP contribution is -1.88. The van der Waals surface area contributed by atoms with E-state index in [1.807, 2.05) is 0 Å². The van der Waals surface area contributed by atoms with Crippen LogP contribution in [0.4, 0.5) is 4.39 Å². The molecule has 0 atom stereocenters. The van der Waals surface area contributed by atoms with E-state index in [2.05, 4.69) is 11.8 Å². The van der Waals surface area contributed by atoms with Crippen LogP contribution in [0.15, 0.2) is 18.2 Å². The van der Waals surface area contributed by atoms with Gasteiger partial charge in [0.25, 0.3) is 0 Å². The highest BCUT2D eigenvalue weighted by molar-refractivity contribution is 6.19. The summed E-state index contributed by atoms with van der Waals surface area (Å²) in [5, 5.41) is 0. The summed E-state index contributed by atoms with van der Waals surface area (Å²) in [4.78, 5) is 0. The molecule has 0 aliphatic heterocycles. The number of alkyl halides is 1. The Morgan fingerprint density at radius 3 is 2.85 bits per heavy atom. The number of ether oxygens (including phenoxy) is 1. The van der Waals surface area contributed by atoms with Crippen molar-refractivity contribution in [3.05, 3.63) is 29.6 Å². The van der Waals surface area contributed by atoms with E-state index in [1.54, 1.807) is 6.07 Å². The largest absolute Gasteiger partial charge is 0.494 e. The van der Waals surface area contributed by atoms with Crippen molar-refractivity contribution in [3.63, 3.8) is 0 Å². The molecular formula is C10H8ClFO. The Labute approximate surface area is 81.5 Å². The lowest BCUT2D eigenvalue weighted by molar-refractivity contribution is 0.386. The summed E-state index contributed by atoms with van der Waals surface area (Å²) in [7, 11) is 1.42. The smallest absolute Gasteiger partial charge is 0.166 e. The highest BCUT2D eigenvalue weighted by Gasteiger charge is 2.00. The molecule has 0 unspecified atom stereocenters. The minimum Gasteiger partial charge on any atom is -0.494 e. The first-order chi connectivity index (χ1) is 6.27. The molecule has 0 fully saturated rings. The molecule has 0 amide bonds. The summed E-state index contributed by atoms with van der Waals surface area (Å²) in [6.45, 7) is 0. The second-order valence-corrected chi connectivity index (χ2v) is 2.55. The molecule has 0 heterocycles. The van der Waals surface area contributed by atoms with Gasteiger partial charge in [-0.3, -0.25) is 0 Å². The SMILES string of the molecule is COc1ccc(C#CCCl)cc1F. The van der Waals surface area contributed by atoms with Gasteiger partial charge in [0.15, 0.2) is 11.6 Å². The summed E-state index contributed by atoms with van der Waals surface area (Å²) in [5.41, 5.74) is 0.596. The van der Waals surface area contributed by atoms with Crippen molar-refractivity contribution in [2.75, 3.05) is 13.0 Å². The number of hydrogen-bond acceptors (Lipinski definition) is 1. The molecule has 68 valence electrons. The zero-order valence-electron chi connectivity index (χ0n) is 7.10. The molecule has 0 radical (unpaired) electrons. The van der Waals surface area contributed by atoms with Crippen molar-refractivity contribution in [2.24, 2.45) is 0 Å². The van der Waals surface area contributed by atoms with Crippen LogP contribution in [0.3, 0.4) is 0 Å². The third-order valence-electron chi connectivity index (χ3n) is 1.45. The van der Waals surface area contributed by atoms with Gasteiger partial charge in [0.05, 0.1) is 13.0 Å². The lowest BCUT2D eigenvalue weighted by Gasteiger charge is -2.00. The first kappa shape index (κ1) is 9.88. The fourth-order valence-corrected chi connectivity index (χ4v) is 0.946. The monoisotopic (exact) mass is 198 g/mol. The summed E-state index contributed by atoms with van der Waals surface area (Å²) in [6, 6.07) is 4.54. The van der Waals surface area contributed by atoms with Crippen molar-refractivity contribution in [3.8, 4) is 17.6 Å². The third kappa shape index (κ3) is 2.64. The van der Waals surface area contributed by atoms with Crippen molar-refractivity contribution in [1.82, 2.24) is 0 Å². The van der Waals surface area contributed by atoms with Gasteiger partial charge in [-0.1, -0.05) is 11.8 Å². The predicted octanol–water partition coefficient (Wildman–Crippen LogP) is 2.42. The molecule has 1 rings (SSSR count). The van der Waals surface area contributed by atoms with Crippen molar-refractivity contribution >= 4 is 11.6 Å². The Hall–Kier alpha value is -1.20. The van der Waals surface area contributed by atoms with Gasteiger partial charge in [0, 0.05) is 5.56 Å². The number of benzene rings is 1. The second kappa shape index (κ2) is 4.74. The Kier molecular flexibility index (Phi) is 3.60. The highest BCUT2D eigenvalue weighted by atomic mass is 35.5. The van der Waals surface area contributed by atoms with E-state index in [1.165, 1.54) is 19.2 Å². The second-order valence-electron chi connectivity index (χ2n) is 2.28. The minimum absolute atomic E-state index is 0.219.